The van der Waals surface area contributed by atoms with Gasteiger partial charge in [-0.1, -0.05) is 47.6 Å². The van der Waals surface area contributed by atoms with Crippen LogP contribution in [0.15, 0.2) is 77.4 Å². The Bertz CT molecular complexity index is 1090. The first-order valence-electron chi connectivity index (χ1n) is 8.80. The fraction of sp³-hybridized carbons (Fsp3) is 0.0952. The summed E-state index contributed by atoms with van der Waals surface area (Å²) in [6.45, 7) is 0.806. The fourth-order valence-electron chi connectivity index (χ4n) is 2.87. The van der Waals surface area contributed by atoms with Crippen LogP contribution in [-0.4, -0.2) is 27.2 Å². The summed E-state index contributed by atoms with van der Waals surface area (Å²) in [5, 5.41) is 6.75. The van der Waals surface area contributed by atoms with Crippen LogP contribution in [0, 0.1) is 5.82 Å². The Morgan fingerprint density at radius 3 is 2.64 bits per heavy atom. The molecule has 4 aromatic rings. The molecule has 0 atom stereocenters. The summed E-state index contributed by atoms with van der Waals surface area (Å²) in [7, 11) is 0. The van der Waals surface area contributed by atoms with Gasteiger partial charge in [0.05, 0.1) is 5.56 Å². The maximum atomic E-state index is 13.7. The standard InChI is InChI=1S/C21H17FN4O2/c22-17-10-5-4-9-16(17)20(27)23-12-14-26-13-6-11-18(26)21-24-19(25-28-21)15-7-2-1-3-8-15/h1-11,13H,12,14H2,(H,23,27). The van der Waals surface area contributed by atoms with Gasteiger partial charge in [0.15, 0.2) is 0 Å². The van der Waals surface area contributed by atoms with Crippen molar-refractivity contribution in [2.75, 3.05) is 6.54 Å². The summed E-state index contributed by atoms with van der Waals surface area (Å²) >= 11 is 0. The van der Waals surface area contributed by atoms with Crippen LogP contribution in [-0.2, 0) is 6.54 Å². The van der Waals surface area contributed by atoms with E-state index in [0.717, 1.165) is 11.3 Å². The van der Waals surface area contributed by atoms with E-state index in [4.69, 9.17) is 4.52 Å². The van der Waals surface area contributed by atoms with Crippen LogP contribution < -0.4 is 5.32 Å². The highest BCUT2D eigenvalue weighted by Crippen LogP contribution is 2.22. The molecule has 7 heteroatoms. The second-order valence-electron chi connectivity index (χ2n) is 6.11. The van der Waals surface area contributed by atoms with Crippen LogP contribution in [0.4, 0.5) is 4.39 Å². The van der Waals surface area contributed by atoms with Crippen LogP contribution in [0.3, 0.4) is 0 Å². The third-order valence-electron chi connectivity index (χ3n) is 4.26. The van der Waals surface area contributed by atoms with Gasteiger partial charge in [0.25, 0.3) is 11.8 Å². The van der Waals surface area contributed by atoms with E-state index in [0.29, 0.717) is 24.8 Å². The van der Waals surface area contributed by atoms with Gasteiger partial charge in [0, 0.05) is 24.8 Å². The number of halogens is 1. The van der Waals surface area contributed by atoms with E-state index in [1.165, 1.54) is 12.1 Å². The molecule has 4 rings (SSSR count). The minimum atomic E-state index is -0.541. The first-order valence-corrected chi connectivity index (χ1v) is 8.80. The van der Waals surface area contributed by atoms with Gasteiger partial charge in [0.2, 0.25) is 5.82 Å². The van der Waals surface area contributed by atoms with E-state index < -0.39 is 11.7 Å². The molecule has 6 nitrogen and oxygen atoms in total. The van der Waals surface area contributed by atoms with Crippen molar-refractivity contribution in [1.29, 1.82) is 0 Å². The molecule has 0 saturated carbocycles. The van der Waals surface area contributed by atoms with Crippen LogP contribution in [0.25, 0.3) is 23.0 Å². The predicted molar refractivity (Wildman–Crippen MR) is 102 cm³/mol. The number of nitrogens with one attached hydrogen (secondary N) is 1. The largest absolute Gasteiger partial charge is 0.350 e. The van der Waals surface area contributed by atoms with E-state index in [2.05, 4.69) is 15.5 Å². The highest BCUT2D eigenvalue weighted by molar-refractivity contribution is 5.94. The number of nitrogens with zero attached hydrogens (tertiary/aromatic N) is 3. The van der Waals surface area contributed by atoms with Gasteiger partial charge in [-0.3, -0.25) is 4.79 Å². The minimum Gasteiger partial charge on any atom is -0.350 e. The molecule has 0 radical (unpaired) electrons. The summed E-state index contributed by atoms with van der Waals surface area (Å²) in [4.78, 5) is 16.6. The van der Waals surface area contributed by atoms with Gasteiger partial charge in [-0.25, -0.2) is 4.39 Å². The quantitative estimate of drug-likeness (QED) is 0.556. The zero-order chi connectivity index (χ0) is 19.3. The molecule has 2 aromatic heterocycles. The highest BCUT2D eigenvalue weighted by Gasteiger charge is 2.14. The number of amides is 1. The number of hydrogen-bond acceptors (Lipinski definition) is 4. The van der Waals surface area contributed by atoms with Crippen molar-refractivity contribution in [3.63, 3.8) is 0 Å². The number of carbonyl (C=O) groups excluding carboxylic acids is 1. The van der Waals surface area contributed by atoms with Crippen LogP contribution in [0.5, 0.6) is 0 Å². The number of rotatable bonds is 6. The molecule has 0 aliphatic heterocycles. The summed E-state index contributed by atoms with van der Waals surface area (Å²) in [6, 6.07) is 19.2. The smallest absolute Gasteiger partial charge is 0.274 e. The topological polar surface area (TPSA) is 73.0 Å². The highest BCUT2D eigenvalue weighted by atomic mass is 19.1. The molecule has 2 heterocycles. The lowest BCUT2D eigenvalue weighted by Crippen LogP contribution is -2.28. The molecule has 2 aromatic carbocycles. The maximum Gasteiger partial charge on any atom is 0.274 e. The molecular weight excluding hydrogens is 359 g/mol. The Balaban J connectivity index is 1.43. The van der Waals surface area contributed by atoms with Crippen molar-refractivity contribution < 1.29 is 13.7 Å². The first-order chi connectivity index (χ1) is 13.7. The Labute approximate surface area is 160 Å². The molecule has 28 heavy (non-hydrogen) atoms. The first kappa shape index (κ1) is 17.7. The summed E-state index contributed by atoms with van der Waals surface area (Å²) in [6.07, 6.45) is 1.86. The van der Waals surface area contributed by atoms with Gasteiger partial charge < -0.3 is 14.4 Å². The molecule has 0 aliphatic rings. The molecule has 0 fully saturated rings. The average molecular weight is 376 g/mol. The van der Waals surface area contributed by atoms with E-state index in [1.807, 2.05) is 53.2 Å². The van der Waals surface area contributed by atoms with Crippen LogP contribution in [0.2, 0.25) is 0 Å². The van der Waals surface area contributed by atoms with Gasteiger partial charge in [-0.2, -0.15) is 4.98 Å². The van der Waals surface area contributed by atoms with Crippen LogP contribution in [0.1, 0.15) is 10.4 Å². The third kappa shape index (κ3) is 3.68. The SMILES string of the molecule is O=C(NCCn1cccc1-c1nc(-c2ccccc2)no1)c1ccccc1F. The summed E-state index contributed by atoms with van der Waals surface area (Å²) in [5.74, 6) is -0.0857. The van der Waals surface area contributed by atoms with Gasteiger partial charge >= 0.3 is 0 Å². The van der Waals surface area contributed by atoms with E-state index in [9.17, 15) is 9.18 Å². The Morgan fingerprint density at radius 1 is 1.04 bits per heavy atom. The lowest BCUT2D eigenvalue weighted by atomic mass is 10.2. The molecule has 0 bridgehead atoms. The molecule has 140 valence electrons. The third-order valence-corrected chi connectivity index (χ3v) is 4.26. The molecule has 0 aliphatic carbocycles. The summed E-state index contributed by atoms with van der Waals surface area (Å²) in [5.41, 5.74) is 1.64. The van der Waals surface area contributed by atoms with E-state index in [-0.39, 0.29) is 5.56 Å². The van der Waals surface area contributed by atoms with Gasteiger partial charge in [-0.15, -0.1) is 0 Å². The fourth-order valence-corrected chi connectivity index (χ4v) is 2.87. The van der Waals surface area contributed by atoms with Crippen molar-refractivity contribution in [2.24, 2.45) is 0 Å². The minimum absolute atomic E-state index is 0.0274. The second kappa shape index (κ2) is 7.87. The molecule has 0 spiro atoms. The number of aromatic nitrogens is 3. The van der Waals surface area contributed by atoms with Crippen molar-refractivity contribution in [3.8, 4) is 23.0 Å². The number of benzene rings is 2. The zero-order valence-corrected chi connectivity index (χ0v) is 14.9. The predicted octanol–water partition coefficient (Wildman–Crippen LogP) is 3.77. The van der Waals surface area contributed by atoms with E-state index in [1.54, 1.807) is 12.1 Å². The van der Waals surface area contributed by atoms with Crippen molar-refractivity contribution in [1.82, 2.24) is 20.0 Å². The average Bonchev–Trinajstić information content (AvgIpc) is 3.38. The van der Waals surface area contributed by atoms with Crippen LogP contribution >= 0.6 is 0 Å². The monoisotopic (exact) mass is 376 g/mol. The van der Waals surface area contributed by atoms with E-state index >= 15 is 0 Å². The maximum absolute atomic E-state index is 13.7. The lowest BCUT2D eigenvalue weighted by molar-refractivity contribution is 0.0948. The molecule has 1 N–H and O–H groups in total. The van der Waals surface area contributed by atoms with Gasteiger partial charge in [-0.05, 0) is 24.3 Å². The number of carbonyl (C=O) groups is 1. The lowest BCUT2D eigenvalue weighted by Gasteiger charge is -2.08. The molecule has 1 amide bonds. The van der Waals surface area contributed by atoms with Crippen molar-refractivity contribution in [3.05, 3.63) is 84.3 Å². The van der Waals surface area contributed by atoms with Crippen molar-refractivity contribution in [2.45, 2.75) is 6.54 Å². The molecule has 0 unspecified atom stereocenters. The molecule has 0 saturated heterocycles. The zero-order valence-electron chi connectivity index (χ0n) is 14.9. The number of hydrogen-bond donors (Lipinski definition) is 1. The van der Waals surface area contributed by atoms with Gasteiger partial charge in [0.1, 0.15) is 11.5 Å². The Morgan fingerprint density at radius 2 is 1.82 bits per heavy atom. The second-order valence-corrected chi connectivity index (χ2v) is 6.11. The Hall–Kier alpha value is -3.74. The normalized spacial score (nSPS) is 10.8. The molecular formula is C21H17FN4O2. The summed E-state index contributed by atoms with van der Waals surface area (Å²) < 4.78 is 21.0. The van der Waals surface area contributed by atoms with Crippen molar-refractivity contribution >= 4 is 5.91 Å². The Kier molecular flexibility index (Phi) is 4.97.